The van der Waals surface area contributed by atoms with Crippen molar-refractivity contribution >= 4 is 12.3 Å². The highest BCUT2D eigenvalue weighted by Gasteiger charge is 2.19. The minimum atomic E-state index is -0.0668. The number of rotatable bonds is 7. The molecular formula is C22H26N4O. The summed E-state index contributed by atoms with van der Waals surface area (Å²) in [7, 11) is 1.78. The largest absolute Gasteiger partial charge is 0.384 e. The van der Waals surface area contributed by atoms with Crippen molar-refractivity contribution in [2.45, 2.75) is 19.8 Å². The van der Waals surface area contributed by atoms with Crippen LogP contribution >= 0.6 is 0 Å². The fourth-order valence-electron chi connectivity index (χ4n) is 3.16. The summed E-state index contributed by atoms with van der Waals surface area (Å²) in [5.41, 5.74) is 5.12. The standard InChI is InChI=1S/C22H26N4O/c1-16(19-9-10-21-20(13-19)25-22(27)26(21)3)14-23-15-17(2)24-12-11-18-7-5-4-6-8-18/h4-10,14-15,19,24H,2,11-13H2,1,3H3,(H,25,27)/b16-14+,23-15?. The molecule has 2 aromatic rings. The molecule has 1 heterocycles. The number of hydrogen-bond donors (Lipinski definition) is 2. The number of aromatic amines is 1. The Bertz CT molecular complexity index is 944. The van der Waals surface area contributed by atoms with Crippen LogP contribution in [0, 0.1) is 5.92 Å². The lowest BCUT2D eigenvalue weighted by Crippen LogP contribution is -2.16. The molecule has 5 heteroatoms. The topological polar surface area (TPSA) is 62.2 Å². The van der Waals surface area contributed by atoms with Crippen LogP contribution in [-0.2, 0) is 19.9 Å². The van der Waals surface area contributed by atoms with Gasteiger partial charge in [0.2, 0.25) is 0 Å². The second-order valence-electron chi connectivity index (χ2n) is 6.86. The Hall–Kier alpha value is -3.08. The summed E-state index contributed by atoms with van der Waals surface area (Å²) >= 11 is 0. The summed E-state index contributed by atoms with van der Waals surface area (Å²) in [5.74, 6) is 0.243. The summed E-state index contributed by atoms with van der Waals surface area (Å²) < 4.78 is 1.64. The Kier molecular flexibility index (Phi) is 5.91. The minimum Gasteiger partial charge on any atom is -0.384 e. The van der Waals surface area contributed by atoms with Crippen molar-refractivity contribution in [2.24, 2.45) is 18.0 Å². The highest BCUT2D eigenvalue weighted by atomic mass is 16.1. The van der Waals surface area contributed by atoms with E-state index in [0.717, 1.165) is 42.0 Å². The van der Waals surface area contributed by atoms with E-state index in [1.807, 2.05) is 30.5 Å². The maximum atomic E-state index is 11.7. The lowest BCUT2D eigenvalue weighted by molar-refractivity contribution is 0.724. The molecule has 1 aliphatic rings. The quantitative estimate of drug-likeness (QED) is 0.743. The van der Waals surface area contributed by atoms with E-state index in [0.29, 0.717) is 0 Å². The van der Waals surface area contributed by atoms with Gasteiger partial charge < -0.3 is 10.3 Å². The van der Waals surface area contributed by atoms with Crippen LogP contribution in [0.2, 0.25) is 0 Å². The molecule has 3 rings (SSSR count). The number of benzene rings is 1. The van der Waals surface area contributed by atoms with Crippen LogP contribution in [-0.4, -0.2) is 22.3 Å². The van der Waals surface area contributed by atoms with Crippen molar-refractivity contribution in [2.75, 3.05) is 6.54 Å². The second-order valence-corrected chi connectivity index (χ2v) is 6.86. The SMILES string of the molecule is C=C(C=N/C=C(\C)C1C=Cc2c([nH]c(=O)n2C)C1)NCCc1ccccc1. The van der Waals surface area contributed by atoms with Crippen molar-refractivity contribution in [3.63, 3.8) is 0 Å². The zero-order valence-corrected chi connectivity index (χ0v) is 15.9. The third kappa shape index (κ3) is 4.76. The number of aliphatic imine (C=N–C) groups is 1. The van der Waals surface area contributed by atoms with Gasteiger partial charge in [0.25, 0.3) is 0 Å². The maximum absolute atomic E-state index is 11.7. The molecule has 0 spiro atoms. The minimum absolute atomic E-state index is 0.0668. The number of nitrogens with zero attached hydrogens (tertiary/aromatic N) is 2. The normalized spacial score (nSPS) is 16.5. The van der Waals surface area contributed by atoms with Crippen LogP contribution in [0.25, 0.3) is 6.08 Å². The summed E-state index contributed by atoms with van der Waals surface area (Å²) in [6.07, 6.45) is 9.49. The van der Waals surface area contributed by atoms with E-state index in [4.69, 9.17) is 0 Å². The average molecular weight is 362 g/mol. The Balaban J connectivity index is 1.50. The van der Waals surface area contributed by atoms with Gasteiger partial charge >= 0.3 is 5.69 Å². The monoisotopic (exact) mass is 362 g/mol. The predicted octanol–water partition coefficient (Wildman–Crippen LogP) is 3.22. The summed E-state index contributed by atoms with van der Waals surface area (Å²) in [5, 5.41) is 3.28. The number of fused-ring (bicyclic) bond motifs is 1. The van der Waals surface area contributed by atoms with Crippen LogP contribution in [0.1, 0.15) is 23.9 Å². The molecule has 1 aliphatic carbocycles. The first kappa shape index (κ1) is 18.7. The van der Waals surface area contributed by atoms with Gasteiger partial charge in [0, 0.05) is 43.3 Å². The van der Waals surface area contributed by atoms with Gasteiger partial charge in [-0.3, -0.25) is 9.56 Å². The molecule has 0 radical (unpaired) electrons. The van der Waals surface area contributed by atoms with E-state index in [2.05, 4.69) is 47.0 Å². The van der Waals surface area contributed by atoms with E-state index in [-0.39, 0.29) is 11.6 Å². The number of H-pyrrole nitrogens is 1. The van der Waals surface area contributed by atoms with Gasteiger partial charge in [0.1, 0.15) is 0 Å². The van der Waals surface area contributed by atoms with Crippen LogP contribution in [0.3, 0.4) is 0 Å². The van der Waals surface area contributed by atoms with E-state index in [1.165, 1.54) is 5.56 Å². The first-order valence-electron chi connectivity index (χ1n) is 9.17. The van der Waals surface area contributed by atoms with E-state index in [1.54, 1.807) is 17.8 Å². The number of aromatic nitrogens is 2. The summed E-state index contributed by atoms with van der Waals surface area (Å²) in [6.45, 7) is 6.88. The highest BCUT2D eigenvalue weighted by molar-refractivity contribution is 5.77. The molecule has 2 N–H and O–H groups in total. The van der Waals surface area contributed by atoms with Crippen molar-refractivity contribution in [1.82, 2.24) is 14.9 Å². The fourth-order valence-corrected chi connectivity index (χ4v) is 3.16. The van der Waals surface area contributed by atoms with E-state index in [9.17, 15) is 4.79 Å². The Morgan fingerprint density at radius 2 is 2.19 bits per heavy atom. The van der Waals surface area contributed by atoms with Gasteiger partial charge in [-0.25, -0.2) is 4.79 Å². The lowest BCUT2D eigenvalue weighted by Gasteiger charge is -2.17. The summed E-state index contributed by atoms with van der Waals surface area (Å²) in [6, 6.07) is 10.4. The van der Waals surface area contributed by atoms with E-state index < -0.39 is 0 Å². The van der Waals surface area contributed by atoms with Crippen molar-refractivity contribution in [3.05, 3.63) is 87.9 Å². The molecule has 1 unspecified atom stereocenters. The molecule has 0 amide bonds. The molecule has 5 nitrogen and oxygen atoms in total. The van der Waals surface area contributed by atoms with Gasteiger partial charge in [-0.05, 0) is 37.0 Å². The molecule has 0 bridgehead atoms. The second kappa shape index (κ2) is 8.54. The van der Waals surface area contributed by atoms with Gasteiger partial charge in [-0.2, -0.15) is 0 Å². The molecule has 1 aromatic heterocycles. The number of imidazole rings is 1. The Labute approximate surface area is 159 Å². The smallest absolute Gasteiger partial charge is 0.325 e. The first-order chi connectivity index (χ1) is 13.0. The van der Waals surface area contributed by atoms with Crippen molar-refractivity contribution < 1.29 is 0 Å². The molecule has 140 valence electrons. The van der Waals surface area contributed by atoms with E-state index >= 15 is 0 Å². The third-order valence-corrected chi connectivity index (χ3v) is 4.85. The number of nitrogens with one attached hydrogen (secondary N) is 2. The summed E-state index contributed by atoms with van der Waals surface area (Å²) in [4.78, 5) is 19.0. The molecule has 1 aromatic carbocycles. The molecule has 27 heavy (non-hydrogen) atoms. The third-order valence-electron chi connectivity index (χ3n) is 4.85. The lowest BCUT2D eigenvalue weighted by atomic mass is 9.91. The number of allylic oxidation sites excluding steroid dienone is 3. The Morgan fingerprint density at radius 1 is 1.41 bits per heavy atom. The highest BCUT2D eigenvalue weighted by Crippen LogP contribution is 2.25. The molecular weight excluding hydrogens is 336 g/mol. The van der Waals surface area contributed by atoms with Gasteiger partial charge in [0.05, 0.1) is 5.69 Å². The fraction of sp³-hybridized carbons (Fsp3) is 0.273. The van der Waals surface area contributed by atoms with Crippen LogP contribution in [0.4, 0.5) is 0 Å². The first-order valence-corrected chi connectivity index (χ1v) is 9.17. The molecule has 0 saturated carbocycles. The van der Waals surface area contributed by atoms with Gasteiger partial charge in [-0.1, -0.05) is 43.0 Å². The van der Waals surface area contributed by atoms with Crippen LogP contribution in [0.5, 0.6) is 0 Å². The molecule has 0 fully saturated rings. The Morgan fingerprint density at radius 3 is 2.96 bits per heavy atom. The van der Waals surface area contributed by atoms with Crippen LogP contribution < -0.4 is 11.0 Å². The van der Waals surface area contributed by atoms with Gasteiger partial charge in [-0.15, -0.1) is 0 Å². The molecule has 0 saturated heterocycles. The molecule has 1 atom stereocenters. The average Bonchev–Trinajstić information content (AvgIpc) is 2.96. The number of hydrogen-bond acceptors (Lipinski definition) is 3. The molecule has 0 aliphatic heterocycles. The van der Waals surface area contributed by atoms with Crippen molar-refractivity contribution in [3.8, 4) is 0 Å². The predicted molar refractivity (Wildman–Crippen MR) is 112 cm³/mol. The zero-order valence-electron chi connectivity index (χ0n) is 15.9. The van der Waals surface area contributed by atoms with Crippen molar-refractivity contribution in [1.29, 1.82) is 0 Å². The van der Waals surface area contributed by atoms with Crippen LogP contribution in [0.15, 0.2) is 70.2 Å². The zero-order chi connectivity index (χ0) is 19.2. The van der Waals surface area contributed by atoms with Gasteiger partial charge in [0.15, 0.2) is 0 Å². The maximum Gasteiger partial charge on any atom is 0.325 e.